The molecule has 0 saturated heterocycles. The highest BCUT2D eigenvalue weighted by molar-refractivity contribution is 9.10. The zero-order valence-electron chi connectivity index (χ0n) is 22.7. The topological polar surface area (TPSA) is 62.8 Å². The summed E-state index contributed by atoms with van der Waals surface area (Å²) in [6.45, 7) is 0. The molecule has 0 unspecified atom stereocenters. The minimum atomic E-state index is -0.963. The van der Waals surface area contributed by atoms with Crippen LogP contribution < -0.4 is 15.7 Å². The molecular formula is C35H28BrN3O3. The first kappa shape index (κ1) is 26.3. The Morgan fingerprint density at radius 1 is 0.738 bits per heavy atom. The molecule has 0 bridgehead atoms. The van der Waals surface area contributed by atoms with Gasteiger partial charge in [0.2, 0.25) is 11.6 Å². The maximum Gasteiger partial charge on any atom is 0.362 e. The number of nitrogens with one attached hydrogen (secondary N) is 2. The number of nitrogens with zero attached hydrogens (tertiary/aromatic N) is 1. The van der Waals surface area contributed by atoms with Crippen LogP contribution in [0.3, 0.4) is 0 Å². The summed E-state index contributed by atoms with van der Waals surface area (Å²) in [6.07, 6.45) is 1.63. The van der Waals surface area contributed by atoms with Gasteiger partial charge >= 0.3 is 5.97 Å². The van der Waals surface area contributed by atoms with Gasteiger partial charge in [0.25, 0.3) is 0 Å². The second kappa shape index (κ2) is 11.0. The van der Waals surface area contributed by atoms with Crippen molar-refractivity contribution >= 4 is 32.7 Å². The van der Waals surface area contributed by atoms with Crippen molar-refractivity contribution in [3.8, 4) is 5.75 Å². The van der Waals surface area contributed by atoms with Crippen molar-refractivity contribution < 1.29 is 14.3 Å². The number of hydrogen-bond donors (Lipinski definition) is 2. The van der Waals surface area contributed by atoms with Gasteiger partial charge in [-0.05, 0) is 64.6 Å². The van der Waals surface area contributed by atoms with Gasteiger partial charge in [0, 0.05) is 4.47 Å². The summed E-state index contributed by atoms with van der Waals surface area (Å²) in [7, 11) is 0. The molecule has 6 nitrogen and oxygen atoms in total. The molecule has 7 rings (SSSR count). The summed E-state index contributed by atoms with van der Waals surface area (Å²) in [5, 5.41) is 3.95. The van der Waals surface area contributed by atoms with Crippen LogP contribution in [0.4, 0.5) is 0 Å². The zero-order chi connectivity index (χ0) is 28.5. The maximum absolute atomic E-state index is 14.0. The van der Waals surface area contributed by atoms with Crippen molar-refractivity contribution in [3.63, 3.8) is 0 Å². The van der Waals surface area contributed by atoms with Crippen LogP contribution in [0.15, 0.2) is 143 Å². The van der Waals surface area contributed by atoms with Crippen molar-refractivity contribution in [2.75, 3.05) is 0 Å². The van der Waals surface area contributed by atoms with Crippen LogP contribution >= 0.6 is 15.9 Å². The van der Waals surface area contributed by atoms with E-state index in [1.807, 2.05) is 89.9 Å². The second-order valence-electron chi connectivity index (χ2n) is 10.4. The Morgan fingerprint density at radius 3 is 1.86 bits per heavy atom. The van der Waals surface area contributed by atoms with E-state index in [4.69, 9.17) is 9.47 Å². The van der Waals surface area contributed by atoms with Crippen molar-refractivity contribution in [2.45, 2.75) is 24.5 Å². The maximum atomic E-state index is 14.0. The third kappa shape index (κ3) is 4.81. The Hall–Kier alpha value is -4.59. The third-order valence-electron chi connectivity index (χ3n) is 7.62. The van der Waals surface area contributed by atoms with Gasteiger partial charge in [-0.15, -0.1) is 5.53 Å². The Balaban J connectivity index is 1.42. The van der Waals surface area contributed by atoms with Crippen molar-refractivity contribution in [1.82, 2.24) is 16.0 Å². The van der Waals surface area contributed by atoms with Crippen LogP contribution in [0.1, 0.15) is 29.5 Å². The molecule has 1 aliphatic carbocycles. The molecule has 1 aliphatic heterocycles. The van der Waals surface area contributed by atoms with E-state index in [1.54, 1.807) is 0 Å². The van der Waals surface area contributed by atoms with E-state index < -0.39 is 11.5 Å². The molecule has 2 aliphatic rings. The molecule has 7 heteroatoms. The largest absolute Gasteiger partial charge is 0.458 e. The fraction of sp³-hybridized carbons (Fsp3) is 0.114. The monoisotopic (exact) mass is 617 g/mol. The normalized spacial score (nSPS) is 15.0. The van der Waals surface area contributed by atoms with E-state index >= 15 is 0 Å². The van der Waals surface area contributed by atoms with Gasteiger partial charge in [-0.1, -0.05) is 119 Å². The number of fused-ring (bicyclic) bond motifs is 1. The molecular weight excluding hydrogens is 590 g/mol. The molecule has 0 atom stereocenters. The number of benzene rings is 5. The van der Waals surface area contributed by atoms with Gasteiger partial charge in [0.05, 0.1) is 0 Å². The summed E-state index contributed by atoms with van der Waals surface area (Å²) >= 11 is 3.54. The summed E-state index contributed by atoms with van der Waals surface area (Å²) in [6, 6.07) is 42.4. The van der Waals surface area contributed by atoms with Gasteiger partial charge in [0.15, 0.2) is 0 Å². The number of carbonyl (C=O) groups excluding carboxylic acids is 1. The summed E-state index contributed by atoms with van der Waals surface area (Å²) < 4.78 is 13.4. The minimum Gasteiger partial charge on any atom is -0.458 e. The molecule has 0 radical (unpaired) electrons. The number of esters is 1. The SMILES string of the molecule is O=C(OC1CC1)C1=C(Oc2ccc3cc(Br)ccc3c2)NNN1C(c1ccccc1)(c1ccccc1)c1ccccc1. The van der Waals surface area contributed by atoms with Crippen molar-refractivity contribution in [3.05, 3.63) is 160 Å². The predicted molar refractivity (Wildman–Crippen MR) is 166 cm³/mol. The molecule has 42 heavy (non-hydrogen) atoms. The highest BCUT2D eigenvalue weighted by Crippen LogP contribution is 2.45. The number of ether oxygens (including phenoxy) is 2. The molecule has 0 aromatic heterocycles. The number of hydrazine groups is 2. The van der Waals surface area contributed by atoms with Gasteiger partial charge in [-0.25, -0.2) is 4.79 Å². The first-order valence-corrected chi connectivity index (χ1v) is 14.7. The molecule has 1 heterocycles. The number of carbonyl (C=O) groups is 1. The van der Waals surface area contributed by atoms with Gasteiger partial charge in [-0.2, -0.15) is 0 Å². The molecule has 1 saturated carbocycles. The Kier molecular flexibility index (Phi) is 6.90. The molecule has 0 spiro atoms. The van der Waals surface area contributed by atoms with E-state index in [9.17, 15) is 4.79 Å². The first-order chi connectivity index (χ1) is 20.6. The summed E-state index contributed by atoms with van der Waals surface area (Å²) in [5.41, 5.74) is 8.67. The smallest absolute Gasteiger partial charge is 0.362 e. The molecule has 208 valence electrons. The average molecular weight is 619 g/mol. The van der Waals surface area contributed by atoms with Crippen molar-refractivity contribution in [1.29, 1.82) is 0 Å². The molecule has 5 aromatic carbocycles. The van der Waals surface area contributed by atoms with Crippen LogP contribution in [0.25, 0.3) is 10.8 Å². The standard InChI is InChI=1S/C35H28BrN3O3/c36-29-18-16-25-23-31(19-17-24(25)22-29)41-33-32(34(40)42-30-20-21-30)39(38-37-33)35(26-10-4-1-5-11-26,27-12-6-2-7-13-27)28-14-8-3-9-15-28/h1-19,22-23,30,37-38H,20-21H2. The quantitative estimate of drug-likeness (QED) is 0.142. The summed E-state index contributed by atoms with van der Waals surface area (Å²) in [5.74, 6) is 0.406. The zero-order valence-corrected chi connectivity index (χ0v) is 24.3. The number of halogens is 1. The lowest BCUT2D eigenvalue weighted by molar-refractivity contribution is -0.143. The Labute approximate surface area is 252 Å². The number of rotatable bonds is 8. The molecule has 5 aromatic rings. The molecule has 2 N–H and O–H groups in total. The highest BCUT2D eigenvalue weighted by Gasteiger charge is 2.50. The van der Waals surface area contributed by atoms with E-state index in [0.717, 1.165) is 44.8 Å². The lowest BCUT2D eigenvalue weighted by atomic mass is 9.76. The lowest BCUT2D eigenvalue weighted by Crippen LogP contribution is -2.55. The Morgan fingerprint density at radius 2 is 1.29 bits per heavy atom. The van der Waals surface area contributed by atoms with Gasteiger partial charge in [0.1, 0.15) is 17.4 Å². The molecule has 1 fully saturated rings. The fourth-order valence-corrected chi connectivity index (χ4v) is 5.91. The first-order valence-electron chi connectivity index (χ1n) is 13.9. The van der Waals surface area contributed by atoms with E-state index in [0.29, 0.717) is 5.75 Å². The third-order valence-corrected chi connectivity index (χ3v) is 8.11. The second-order valence-corrected chi connectivity index (χ2v) is 11.3. The number of hydrogen-bond acceptors (Lipinski definition) is 6. The fourth-order valence-electron chi connectivity index (χ4n) is 5.53. The lowest BCUT2D eigenvalue weighted by Gasteiger charge is -2.44. The summed E-state index contributed by atoms with van der Waals surface area (Å²) in [4.78, 5) is 14.0. The van der Waals surface area contributed by atoms with Crippen LogP contribution in [0.5, 0.6) is 5.75 Å². The average Bonchev–Trinajstić information content (AvgIpc) is 3.76. The minimum absolute atomic E-state index is 0.0904. The van der Waals surface area contributed by atoms with Crippen LogP contribution in [-0.4, -0.2) is 17.1 Å². The van der Waals surface area contributed by atoms with E-state index in [1.165, 1.54) is 0 Å². The van der Waals surface area contributed by atoms with Crippen LogP contribution in [0, 0.1) is 0 Å². The highest BCUT2D eigenvalue weighted by atomic mass is 79.9. The Bertz CT molecular complexity index is 1680. The van der Waals surface area contributed by atoms with Crippen LogP contribution in [-0.2, 0) is 15.1 Å². The van der Waals surface area contributed by atoms with Crippen LogP contribution in [0.2, 0.25) is 0 Å². The van der Waals surface area contributed by atoms with Gasteiger partial charge in [-0.3, -0.25) is 10.4 Å². The van der Waals surface area contributed by atoms with E-state index in [-0.39, 0.29) is 17.7 Å². The van der Waals surface area contributed by atoms with Crippen molar-refractivity contribution in [2.24, 2.45) is 0 Å². The predicted octanol–water partition coefficient (Wildman–Crippen LogP) is 7.17. The van der Waals surface area contributed by atoms with E-state index in [2.05, 4.69) is 69.4 Å². The molecule has 0 amide bonds. The van der Waals surface area contributed by atoms with Gasteiger partial charge < -0.3 is 9.47 Å².